The minimum absolute atomic E-state index is 0.0262. The molecule has 2 nitrogen and oxygen atoms in total. The molecule has 1 aromatic rings. The van der Waals surface area contributed by atoms with Crippen molar-refractivity contribution in [2.45, 2.75) is 32.7 Å². The Kier molecular flexibility index (Phi) is 5.91. The molecule has 1 N–H and O–H groups in total. The van der Waals surface area contributed by atoms with Gasteiger partial charge in [0.2, 0.25) is 0 Å². The monoisotopic (exact) mass is 243 g/mol. The molecule has 1 unspecified atom stereocenters. The Bertz CT molecular complexity index is 344. The molecule has 96 valence electrons. The fourth-order valence-electron chi connectivity index (χ4n) is 1.45. The fourth-order valence-corrected chi connectivity index (χ4v) is 1.45. The Balaban J connectivity index is 2.50. The van der Waals surface area contributed by atoms with E-state index in [2.05, 4.69) is 12.2 Å². The molecule has 0 saturated heterocycles. The highest BCUT2D eigenvalue weighted by atomic mass is 19.1. The molecule has 1 aromatic carbocycles. The second kappa shape index (κ2) is 7.22. The maximum atomic E-state index is 13.3. The highest BCUT2D eigenvalue weighted by molar-refractivity contribution is 5.24. The van der Waals surface area contributed by atoms with E-state index >= 15 is 0 Å². The second-order valence-corrected chi connectivity index (χ2v) is 3.95. The van der Waals surface area contributed by atoms with Gasteiger partial charge in [-0.3, -0.25) is 0 Å². The quantitative estimate of drug-likeness (QED) is 0.794. The summed E-state index contributed by atoms with van der Waals surface area (Å²) in [7, 11) is 0. The lowest BCUT2D eigenvalue weighted by Gasteiger charge is -2.17. The molecule has 0 saturated carbocycles. The fraction of sp³-hybridized carbons (Fsp3) is 0.538. The van der Waals surface area contributed by atoms with E-state index in [-0.39, 0.29) is 11.8 Å². The van der Waals surface area contributed by atoms with E-state index in [0.29, 0.717) is 6.61 Å². The summed E-state index contributed by atoms with van der Waals surface area (Å²) in [5.41, 5.74) is 0. The molecule has 0 spiro atoms. The van der Waals surface area contributed by atoms with E-state index in [1.54, 1.807) is 0 Å². The minimum Gasteiger partial charge on any atom is -0.489 e. The predicted molar refractivity (Wildman–Crippen MR) is 64.2 cm³/mol. The lowest BCUT2D eigenvalue weighted by Crippen LogP contribution is -2.34. The van der Waals surface area contributed by atoms with E-state index < -0.39 is 11.6 Å². The van der Waals surface area contributed by atoms with Gasteiger partial charge in [-0.05, 0) is 31.5 Å². The van der Waals surface area contributed by atoms with Crippen LogP contribution in [-0.2, 0) is 0 Å². The third-order valence-corrected chi connectivity index (χ3v) is 2.51. The van der Waals surface area contributed by atoms with E-state index in [4.69, 9.17) is 4.74 Å². The van der Waals surface area contributed by atoms with Gasteiger partial charge in [0.15, 0.2) is 11.6 Å². The summed E-state index contributed by atoms with van der Waals surface area (Å²) in [6.45, 7) is 5.34. The van der Waals surface area contributed by atoms with Gasteiger partial charge >= 0.3 is 0 Å². The number of rotatable bonds is 7. The first-order valence-corrected chi connectivity index (χ1v) is 5.98. The Labute approximate surface area is 101 Å². The summed E-state index contributed by atoms with van der Waals surface area (Å²) < 4.78 is 31.4. The standard InChI is InChI=1S/C13H19F2NO/c1-3-7-16-11(4-2)9-17-13-8-10(14)5-6-12(13)15/h5-6,8,11,16H,3-4,7,9H2,1-2H3. The summed E-state index contributed by atoms with van der Waals surface area (Å²) in [6.07, 6.45) is 1.92. The molecule has 17 heavy (non-hydrogen) atoms. The largest absolute Gasteiger partial charge is 0.489 e. The van der Waals surface area contributed by atoms with Crippen LogP contribution in [0.5, 0.6) is 5.75 Å². The number of halogens is 2. The van der Waals surface area contributed by atoms with Gasteiger partial charge in [0, 0.05) is 12.1 Å². The number of ether oxygens (including phenoxy) is 1. The van der Waals surface area contributed by atoms with Gasteiger partial charge in [0.1, 0.15) is 12.4 Å². The van der Waals surface area contributed by atoms with Gasteiger partial charge in [-0.15, -0.1) is 0 Å². The topological polar surface area (TPSA) is 21.3 Å². The van der Waals surface area contributed by atoms with Crippen LogP contribution < -0.4 is 10.1 Å². The first-order valence-electron chi connectivity index (χ1n) is 5.98. The zero-order chi connectivity index (χ0) is 12.7. The van der Waals surface area contributed by atoms with E-state index in [9.17, 15) is 8.78 Å². The molecule has 0 aliphatic rings. The summed E-state index contributed by atoms with van der Waals surface area (Å²) in [4.78, 5) is 0. The molecule has 4 heteroatoms. The van der Waals surface area contributed by atoms with Crippen LogP contribution in [-0.4, -0.2) is 19.2 Å². The lowest BCUT2D eigenvalue weighted by atomic mass is 10.2. The van der Waals surface area contributed by atoms with Gasteiger partial charge in [-0.1, -0.05) is 13.8 Å². The van der Waals surface area contributed by atoms with Gasteiger partial charge in [-0.2, -0.15) is 0 Å². The van der Waals surface area contributed by atoms with Crippen LogP contribution in [0, 0.1) is 11.6 Å². The zero-order valence-electron chi connectivity index (χ0n) is 10.3. The first kappa shape index (κ1) is 13.9. The average Bonchev–Trinajstić information content (AvgIpc) is 2.33. The van der Waals surface area contributed by atoms with Crippen molar-refractivity contribution in [3.05, 3.63) is 29.8 Å². The third-order valence-electron chi connectivity index (χ3n) is 2.51. The number of hydrogen-bond acceptors (Lipinski definition) is 2. The van der Waals surface area contributed by atoms with Crippen LogP contribution in [0.25, 0.3) is 0 Å². The number of hydrogen-bond donors (Lipinski definition) is 1. The SMILES string of the molecule is CCCNC(CC)COc1cc(F)ccc1F. The Morgan fingerprint density at radius 3 is 2.71 bits per heavy atom. The molecule has 0 radical (unpaired) electrons. The maximum Gasteiger partial charge on any atom is 0.165 e. The van der Waals surface area contributed by atoms with E-state index in [1.165, 1.54) is 0 Å². The lowest BCUT2D eigenvalue weighted by molar-refractivity contribution is 0.249. The normalized spacial score (nSPS) is 12.5. The smallest absolute Gasteiger partial charge is 0.165 e. The summed E-state index contributed by atoms with van der Waals surface area (Å²) in [6, 6.07) is 3.39. The highest BCUT2D eigenvalue weighted by Crippen LogP contribution is 2.18. The molecule has 0 aromatic heterocycles. The van der Waals surface area contributed by atoms with E-state index in [1.807, 2.05) is 6.92 Å². The van der Waals surface area contributed by atoms with Gasteiger partial charge in [-0.25, -0.2) is 8.78 Å². The van der Waals surface area contributed by atoms with Crippen LogP contribution in [0.4, 0.5) is 8.78 Å². The summed E-state index contributed by atoms with van der Waals surface area (Å²) in [5, 5.41) is 3.28. The van der Waals surface area contributed by atoms with Gasteiger partial charge in [0.05, 0.1) is 0 Å². The van der Waals surface area contributed by atoms with Crippen LogP contribution >= 0.6 is 0 Å². The molecular weight excluding hydrogens is 224 g/mol. The first-order chi connectivity index (χ1) is 8.17. The van der Waals surface area contributed by atoms with Crippen molar-refractivity contribution in [1.29, 1.82) is 0 Å². The molecule has 0 heterocycles. The summed E-state index contributed by atoms with van der Waals surface area (Å²) in [5.74, 6) is -1.05. The number of nitrogens with one attached hydrogen (secondary N) is 1. The molecule has 1 rings (SSSR count). The van der Waals surface area contributed by atoms with Gasteiger partial charge < -0.3 is 10.1 Å². The Hall–Kier alpha value is -1.16. The minimum atomic E-state index is -0.531. The molecular formula is C13H19F2NO. The molecule has 0 amide bonds. The van der Waals surface area contributed by atoms with Crippen molar-refractivity contribution in [3.8, 4) is 5.75 Å². The molecule has 0 fully saturated rings. The van der Waals surface area contributed by atoms with Crippen molar-refractivity contribution >= 4 is 0 Å². The second-order valence-electron chi connectivity index (χ2n) is 3.95. The molecule has 0 bridgehead atoms. The van der Waals surface area contributed by atoms with Crippen molar-refractivity contribution < 1.29 is 13.5 Å². The van der Waals surface area contributed by atoms with Crippen molar-refractivity contribution in [2.24, 2.45) is 0 Å². The van der Waals surface area contributed by atoms with Gasteiger partial charge in [0.25, 0.3) is 0 Å². The third kappa shape index (κ3) is 4.69. The zero-order valence-corrected chi connectivity index (χ0v) is 10.3. The van der Waals surface area contributed by atoms with Crippen molar-refractivity contribution in [1.82, 2.24) is 5.32 Å². The van der Waals surface area contributed by atoms with Crippen molar-refractivity contribution in [2.75, 3.05) is 13.2 Å². The van der Waals surface area contributed by atoms with Crippen molar-refractivity contribution in [3.63, 3.8) is 0 Å². The summed E-state index contributed by atoms with van der Waals surface area (Å²) >= 11 is 0. The van der Waals surface area contributed by atoms with Crippen LogP contribution in [0.15, 0.2) is 18.2 Å². The van der Waals surface area contributed by atoms with Crippen LogP contribution in [0.3, 0.4) is 0 Å². The predicted octanol–water partition coefficient (Wildman–Crippen LogP) is 3.12. The molecule has 0 aliphatic carbocycles. The average molecular weight is 243 g/mol. The highest BCUT2D eigenvalue weighted by Gasteiger charge is 2.09. The van der Waals surface area contributed by atoms with Crippen LogP contribution in [0.2, 0.25) is 0 Å². The van der Waals surface area contributed by atoms with Crippen LogP contribution in [0.1, 0.15) is 26.7 Å². The Morgan fingerprint density at radius 2 is 2.06 bits per heavy atom. The molecule has 0 aliphatic heterocycles. The molecule has 1 atom stereocenters. The maximum absolute atomic E-state index is 13.3. The Morgan fingerprint density at radius 1 is 1.29 bits per heavy atom. The van der Waals surface area contributed by atoms with E-state index in [0.717, 1.165) is 37.6 Å². The number of benzene rings is 1.